The number of carbonyl (C=O) groups is 2. The van der Waals surface area contributed by atoms with E-state index in [-0.39, 0.29) is 0 Å². The van der Waals surface area contributed by atoms with E-state index in [0.29, 0.717) is 43.5 Å². The molecule has 2 aromatic heterocycles. The molecule has 38 heavy (non-hydrogen) atoms. The smallest absolute Gasteiger partial charge is 0.418 e. The Hall–Kier alpha value is -3.04. The second-order valence-corrected chi connectivity index (χ2v) is 10.4. The van der Waals surface area contributed by atoms with Crippen LogP contribution in [0.5, 0.6) is 0 Å². The van der Waals surface area contributed by atoms with Crippen molar-refractivity contribution in [1.82, 2.24) is 0 Å². The predicted octanol–water partition coefficient (Wildman–Crippen LogP) is 6.28. The summed E-state index contributed by atoms with van der Waals surface area (Å²) in [5.74, 6) is -2.47. The van der Waals surface area contributed by atoms with Crippen molar-refractivity contribution in [2.75, 3.05) is 0 Å². The lowest BCUT2D eigenvalue weighted by Gasteiger charge is -2.26. The molecule has 0 aliphatic carbocycles. The SMILES string of the molecule is Cc1c(Cl)c(C)c2ccoc2c1C(OC(=O)C(=O)OC(c1c(C)c(Cl)c(C)c2ccoc12)C(C)N)C(C)N. The molecule has 2 aromatic carbocycles. The maximum Gasteiger partial charge on any atom is 0.418 e. The third-order valence-electron chi connectivity index (χ3n) is 6.91. The molecule has 10 heteroatoms. The molecule has 8 nitrogen and oxygen atoms in total. The summed E-state index contributed by atoms with van der Waals surface area (Å²) in [5.41, 5.74) is 17.3. The average Bonchev–Trinajstić information content (AvgIpc) is 3.55. The maximum absolute atomic E-state index is 13.1. The summed E-state index contributed by atoms with van der Waals surface area (Å²) >= 11 is 13.1. The number of halogens is 2. The van der Waals surface area contributed by atoms with E-state index < -0.39 is 36.2 Å². The molecule has 0 aliphatic rings. The van der Waals surface area contributed by atoms with Crippen LogP contribution in [0.1, 0.15) is 59.4 Å². The van der Waals surface area contributed by atoms with Crippen LogP contribution in [0.25, 0.3) is 21.9 Å². The fraction of sp³-hybridized carbons (Fsp3) is 0.357. The van der Waals surface area contributed by atoms with Crippen LogP contribution in [0.2, 0.25) is 10.0 Å². The lowest BCUT2D eigenvalue weighted by Crippen LogP contribution is -2.35. The Balaban J connectivity index is 1.68. The fourth-order valence-corrected chi connectivity index (χ4v) is 5.28. The number of benzene rings is 2. The van der Waals surface area contributed by atoms with Gasteiger partial charge in [0.2, 0.25) is 0 Å². The van der Waals surface area contributed by atoms with Gasteiger partial charge in [0.05, 0.1) is 12.5 Å². The highest BCUT2D eigenvalue weighted by Crippen LogP contribution is 2.41. The monoisotopic (exact) mass is 560 g/mol. The molecule has 0 aliphatic heterocycles. The normalized spacial score (nSPS) is 14.9. The third-order valence-corrected chi connectivity index (χ3v) is 8.05. The number of furan rings is 2. The summed E-state index contributed by atoms with van der Waals surface area (Å²) in [5, 5.41) is 2.49. The molecule has 0 bridgehead atoms. The van der Waals surface area contributed by atoms with Gasteiger partial charge in [0, 0.05) is 44.0 Å². The van der Waals surface area contributed by atoms with Crippen LogP contribution in [0, 0.1) is 27.7 Å². The molecule has 0 spiro atoms. The van der Waals surface area contributed by atoms with Crippen LogP contribution >= 0.6 is 23.2 Å². The van der Waals surface area contributed by atoms with Gasteiger partial charge in [0.1, 0.15) is 23.4 Å². The van der Waals surface area contributed by atoms with Crippen molar-refractivity contribution in [3.05, 3.63) is 68.1 Å². The number of nitrogens with two attached hydrogens (primary N) is 2. The van der Waals surface area contributed by atoms with Crippen molar-refractivity contribution in [1.29, 1.82) is 0 Å². The first-order valence-corrected chi connectivity index (χ1v) is 12.9. The van der Waals surface area contributed by atoms with Crippen LogP contribution in [0.15, 0.2) is 33.5 Å². The maximum atomic E-state index is 13.1. The predicted molar refractivity (Wildman–Crippen MR) is 146 cm³/mol. The van der Waals surface area contributed by atoms with Gasteiger partial charge < -0.3 is 29.8 Å². The first-order chi connectivity index (χ1) is 17.9. The average molecular weight is 561 g/mol. The highest BCUT2D eigenvalue weighted by atomic mass is 35.5. The Labute approximate surface area is 230 Å². The Morgan fingerprint density at radius 3 is 1.37 bits per heavy atom. The van der Waals surface area contributed by atoms with Crippen molar-refractivity contribution >= 4 is 57.1 Å². The zero-order valence-corrected chi connectivity index (χ0v) is 23.5. The van der Waals surface area contributed by atoms with Gasteiger partial charge in [-0.05, 0) is 75.9 Å². The number of carbonyl (C=O) groups excluding carboxylic acids is 2. The highest BCUT2D eigenvalue weighted by Gasteiger charge is 2.35. The van der Waals surface area contributed by atoms with Crippen LogP contribution in [0.4, 0.5) is 0 Å². The first-order valence-electron chi connectivity index (χ1n) is 12.1. The minimum Gasteiger partial charge on any atom is -0.464 e. The molecule has 4 unspecified atom stereocenters. The van der Waals surface area contributed by atoms with Crippen molar-refractivity contribution in [2.45, 2.75) is 65.8 Å². The summed E-state index contributed by atoms with van der Waals surface area (Å²) in [4.78, 5) is 26.1. The summed E-state index contributed by atoms with van der Waals surface area (Å²) in [6, 6.07) is 2.13. The van der Waals surface area contributed by atoms with Crippen LogP contribution in [0.3, 0.4) is 0 Å². The Kier molecular flexibility index (Phi) is 7.81. The largest absolute Gasteiger partial charge is 0.464 e. The summed E-state index contributed by atoms with van der Waals surface area (Å²) in [6.07, 6.45) is 0.956. The second-order valence-electron chi connectivity index (χ2n) is 9.65. The fourth-order valence-electron chi connectivity index (χ4n) is 4.87. The lowest BCUT2D eigenvalue weighted by atomic mass is 9.94. The van der Waals surface area contributed by atoms with Crippen molar-refractivity contribution in [3.63, 3.8) is 0 Å². The molecule has 0 saturated carbocycles. The molecule has 4 atom stereocenters. The zero-order valence-electron chi connectivity index (χ0n) is 22.0. The van der Waals surface area contributed by atoms with E-state index in [9.17, 15) is 9.59 Å². The van der Waals surface area contributed by atoms with Gasteiger partial charge in [-0.2, -0.15) is 0 Å². The molecule has 2 heterocycles. The van der Waals surface area contributed by atoms with Gasteiger partial charge in [-0.15, -0.1) is 0 Å². The van der Waals surface area contributed by atoms with E-state index >= 15 is 0 Å². The molecule has 0 amide bonds. The number of esters is 2. The molecule has 0 fully saturated rings. The van der Waals surface area contributed by atoms with E-state index in [1.807, 2.05) is 13.8 Å². The Bertz CT molecular complexity index is 1440. The third kappa shape index (κ3) is 4.66. The van der Waals surface area contributed by atoms with Crippen LogP contribution in [-0.4, -0.2) is 24.0 Å². The standard InChI is InChI=1S/C28H30Cl2N2O6/c1-11-17-7-9-35-25(17)19(13(3)21(11)29)23(15(5)31)37-27(33)28(34)38-24(16(6)32)20-14(4)22(30)12(2)18-8-10-36-26(18)20/h7-10,15-16,23-24H,31-32H2,1-6H3. The number of ether oxygens (including phenoxy) is 2. The highest BCUT2D eigenvalue weighted by molar-refractivity contribution is 6.34. The minimum atomic E-state index is -1.24. The Morgan fingerprint density at radius 1 is 0.711 bits per heavy atom. The number of fused-ring (bicyclic) bond motifs is 2. The zero-order chi connectivity index (χ0) is 28.0. The molecule has 4 aromatic rings. The molecular weight excluding hydrogens is 531 g/mol. The van der Waals surface area contributed by atoms with Crippen LogP contribution < -0.4 is 11.5 Å². The summed E-state index contributed by atoms with van der Waals surface area (Å²) in [7, 11) is 0. The number of rotatable bonds is 6. The van der Waals surface area contributed by atoms with E-state index in [4.69, 9.17) is 53.0 Å². The first kappa shape index (κ1) is 28.0. The molecule has 0 saturated heterocycles. The number of hydrogen-bond donors (Lipinski definition) is 2. The van der Waals surface area contributed by atoms with E-state index in [0.717, 1.165) is 21.9 Å². The summed E-state index contributed by atoms with van der Waals surface area (Å²) in [6.45, 7) is 10.6. The molecule has 4 rings (SSSR count). The van der Waals surface area contributed by atoms with Crippen molar-refractivity contribution < 1.29 is 27.9 Å². The number of aryl methyl sites for hydroxylation is 2. The summed E-state index contributed by atoms with van der Waals surface area (Å²) < 4.78 is 22.7. The topological polar surface area (TPSA) is 131 Å². The van der Waals surface area contributed by atoms with Gasteiger partial charge in [-0.1, -0.05) is 23.2 Å². The quantitative estimate of drug-likeness (QED) is 0.208. The minimum absolute atomic E-state index is 0.478. The van der Waals surface area contributed by atoms with E-state index in [1.165, 1.54) is 12.5 Å². The van der Waals surface area contributed by atoms with E-state index in [2.05, 4.69) is 0 Å². The Morgan fingerprint density at radius 2 is 1.05 bits per heavy atom. The number of hydrogen-bond acceptors (Lipinski definition) is 8. The van der Waals surface area contributed by atoms with Gasteiger partial charge in [-0.3, -0.25) is 0 Å². The van der Waals surface area contributed by atoms with Gasteiger partial charge >= 0.3 is 11.9 Å². The lowest BCUT2D eigenvalue weighted by molar-refractivity contribution is -0.175. The van der Waals surface area contributed by atoms with Crippen molar-refractivity contribution in [2.24, 2.45) is 11.5 Å². The van der Waals surface area contributed by atoms with Gasteiger partial charge in [0.25, 0.3) is 0 Å². The van der Waals surface area contributed by atoms with Crippen LogP contribution in [-0.2, 0) is 19.1 Å². The van der Waals surface area contributed by atoms with Crippen molar-refractivity contribution in [3.8, 4) is 0 Å². The molecule has 0 radical (unpaired) electrons. The molecule has 4 N–H and O–H groups in total. The molecule has 202 valence electrons. The second kappa shape index (κ2) is 10.6. The van der Waals surface area contributed by atoms with Gasteiger partial charge in [0.15, 0.2) is 0 Å². The molecular formula is C28H30Cl2N2O6. The van der Waals surface area contributed by atoms with E-state index in [1.54, 1.807) is 39.8 Å². The van der Waals surface area contributed by atoms with Gasteiger partial charge in [-0.25, -0.2) is 9.59 Å².